The third-order valence-electron chi connectivity index (χ3n) is 6.84. The van der Waals surface area contributed by atoms with Gasteiger partial charge in [-0.1, -0.05) is 72.3 Å². The number of rotatable bonds is 10. The van der Waals surface area contributed by atoms with Crippen LogP contribution in [0.1, 0.15) is 34.0 Å². The predicted octanol–water partition coefficient (Wildman–Crippen LogP) is 7.77. The van der Waals surface area contributed by atoms with Crippen molar-refractivity contribution in [3.8, 4) is 5.75 Å². The molecule has 0 bridgehead atoms. The fourth-order valence-corrected chi connectivity index (χ4v) is 5.58. The van der Waals surface area contributed by atoms with Gasteiger partial charge in [-0.05, 0) is 52.9 Å². The first-order valence-electron chi connectivity index (χ1n) is 12.5. The minimum atomic E-state index is -1.39. The van der Waals surface area contributed by atoms with Gasteiger partial charge in [0.2, 0.25) is 0 Å². The van der Waals surface area contributed by atoms with Gasteiger partial charge in [-0.2, -0.15) is 0 Å². The number of methoxy groups -OCH3 is 2. The van der Waals surface area contributed by atoms with Crippen molar-refractivity contribution in [2.75, 3.05) is 14.2 Å². The van der Waals surface area contributed by atoms with E-state index in [9.17, 15) is 4.79 Å². The number of carbonyl (C=O) groups excluding carboxylic acids is 1. The van der Waals surface area contributed by atoms with Crippen LogP contribution >= 0.6 is 22.9 Å². The van der Waals surface area contributed by atoms with Crippen molar-refractivity contribution in [2.24, 2.45) is 0 Å². The van der Waals surface area contributed by atoms with Gasteiger partial charge in [0.15, 0.2) is 5.60 Å². The van der Waals surface area contributed by atoms with E-state index in [-0.39, 0.29) is 18.9 Å². The van der Waals surface area contributed by atoms with Gasteiger partial charge in [0.1, 0.15) is 5.75 Å². The lowest BCUT2D eigenvalue weighted by atomic mass is 9.79. The fraction of sp³-hybridized carbons (Fsp3) is 0.188. The Morgan fingerprint density at radius 1 is 0.949 bits per heavy atom. The van der Waals surface area contributed by atoms with E-state index in [2.05, 4.69) is 0 Å². The van der Waals surface area contributed by atoms with Gasteiger partial charge in [0.25, 0.3) is 0 Å². The molecule has 0 fully saturated rings. The van der Waals surface area contributed by atoms with Crippen molar-refractivity contribution in [2.45, 2.75) is 24.5 Å². The van der Waals surface area contributed by atoms with Crippen LogP contribution in [0.5, 0.6) is 5.75 Å². The molecule has 0 radical (unpaired) electrons. The smallest absolute Gasteiger partial charge is 0.342 e. The van der Waals surface area contributed by atoms with Crippen LogP contribution in [0.15, 0.2) is 102 Å². The normalized spacial score (nSPS) is 13.5. The monoisotopic (exact) mass is 557 g/mol. The highest BCUT2D eigenvalue weighted by molar-refractivity contribution is 7.09. The number of hydrogen-bond acceptors (Lipinski definition) is 6. The number of fused-ring (bicyclic) bond motifs is 1. The van der Waals surface area contributed by atoms with Crippen LogP contribution in [0.2, 0.25) is 5.02 Å². The average Bonchev–Trinajstić information content (AvgIpc) is 3.51. The Morgan fingerprint density at radius 3 is 2.41 bits per heavy atom. The van der Waals surface area contributed by atoms with Crippen LogP contribution in [0, 0.1) is 0 Å². The number of thiophene rings is 1. The Bertz CT molecular complexity index is 1540. The van der Waals surface area contributed by atoms with E-state index in [0.29, 0.717) is 5.02 Å². The molecule has 0 spiro atoms. The molecule has 2 atom stereocenters. The summed E-state index contributed by atoms with van der Waals surface area (Å²) in [6.07, 6.45) is 0.264. The van der Waals surface area contributed by atoms with E-state index in [0.717, 1.165) is 38.4 Å². The number of esters is 1. The number of aromatic nitrogens is 1. The molecule has 5 aromatic rings. The maximum Gasteiger partial charge on any atom is 0.342 e. The molecule has 2 heterocycles. The summed E-state index contributed by atoms with van der Waals surface area (Å²) in [5.74, 6) is -0.0403. The number of halogens is 1. The first-order valence-corrected chi connectivity index (χ1v) is 13.8. The SMILES string of the molecule is COC(=O)C(CC(c1ccc(OC)cc1)c1ccc2ccc(Cl)cc2n1)(OCc1cccs1)c1ccccc1. The van der Waals surface area contributed by atoms with Gasteiger partial charge >= 0.3 is 5.97 Å². The van der Waals surface area contributed by atoms with E-state index >= 15 is 0 Å². The maximum absolute atomic E-state index is 13.7. The number of hydrogen-bond donors (Lipinski definition) is 0. The van der Waals surface area contributed by atoms with Gasteiger partial charge in [0.05, 0.1) is 26.3 Å². The molecule has 3 aromatic carbocycles. The number of carbonyl (C=O) groups is 1. The van der Waals surface area contributed by atoms with E-state index in [1.807, 2.05) is 102 Å². The van der Waals surface area contributed by atoms with Crippen molar-refractivity contribution in [1.82, 2.24) is 4.98 Å². The molecule has 198 valence electrons. The zero-order valence-corrected chi connectivity index (χ0v) is 23.2. The van der Waals surface area contributed by atoms with Crippen LogP contribution in [0.4, 0.5) is 0 Å². The molecule has 0 aliphatic carbocycles. The predicted molar refractivity (Wildman–Crippen MR) is 155 cm³/mol. The highest BCUT2D eigenvalue weighted by atomic mass is 35.5. The topological polar surface area (TPSA) is 57.7 Å². The molecular weight excluding hydrogens is 530 g/mol. The van der Waals surface area contributed by atoms with Crippen LogP contribution in [-0.4, -0.2) is 25.2 Å². The molecule has 0 N–H and O–H groups in total. The number of pyridine rings is 1. The minimum absolute atomic E-state index is 0.262. The lowest BCUT2D eigenvalue weighted by Crippen LogP contribution is -2.41. The number of ether oxygens (including phenoxy) is 3. The summed E-state index contributed by atoms with van der Waals surface area (Å²) < 4.78 is 17.4. The number of benzene rings is 3. The second-order valence-corrected chi connectivity index (χ2v) is 10.6. The molecule has 39 heavy (non-hydrogen) atoms. The summed E-state index contributed by atoms with van der Waals surface area (Å²) in [6, 6.07) is 31.0. The highest BCUT2D eigenvalue weighted by Crippen LogP contribution is 2.42. The van der Waals surface area contributed by atoms with E-state index in [1.54, 1.807) is 18.4 Å². The molecule has 2 unspecified atom stereocenters. The van der Waals surface area contributed by atoms with Gasteiger partial charge in [-0.15, -0.1) is 11.3 Å². The third kappa shape index (κ3) is 5.83. The van der Waals surface area contributed by atoms with Crippen molar-refractivity contribution in [3.05, 3.63) is 129 Å². The van der Waals surface area contributed by atoms with Crippen molar-refractivity contribution in [3.63, 3.8) is 0 Å². The van der Waals surface area contributed by atoms with Gasteiger partial charge < -0.3 is 14.2 Å². The molecule has 2 aromatic heterocycles. The standard InChI is InChI=1S/C32H28ClNO4S/c1-36-26-15-11-22(12-16-26)28(29-17-13-23-10-14-25(33)19-30(23)34-29)20-32(31(35)37-2,24-7-4-3-5-8-24)38-21-27-9-6-18-39-27/h3-19,28H,20-21H2,1-2H3. The second-order valence-electron chi connectivity index (χ2n) is 9.16. The van der Waals surface area contributed by atoms with Gasteiger partial charge in [-0.3, -0.25) is 4.98 Å². The van der Waals surface area contributed by atoms with Crippen molar-refractivity contribution >= 4 is 39.8 Å². The summed E-state index contributed by atoms with van der Waals surface area (Å²) in [5, 5.41) is 3.58. The largest absolute Gasteiger partial charge is 0.497 e. The molecule has 0 saturated carbocycles. The molecule has 0 saturated heterocycles. The van der Waals surface area contributed by atoms with E-state index in [1.165, 1.54) is 7.11 Å². The van der Waals surface area contributed by atoms with E-state index in [4.69, 9.17) is 30.8 Å². The molecule has 5 nitrogen and oxygen atoms in total. The Morgan fingerprint density at radius 2 is 1.72 bits per heavy atom. The van der Waals surface area contributed by atoms with Crippen LogP contribution in [-0.2, 0) is 26.5 Å². The minimum Gasteiger partial charge on any atom is -0.497 e. The van der Waals surface area contributed by atoms with Crippen molar-refractivity contribution < 1.29 is 19.0 Å². The summed E-state index contributed by atoms with van der Waals surface area (Å²) in [5.41, 5.74) is 1.86. The zero-order valence-electron chi connectivity index (χ0n) is 21.7. The second kappa shape index (κ2) is 12.0. The Labute approximate surface area is 237 Å². The summed E-state index contributed by atoms with van der Waals surface area (Å²) >= 11 is 7.88. The lowest BCUT2D eigenvalue weighted by Gasteiger charge is -2.35. The lowest BCUT2D eigenvalue weighted by molar-refractivity contribution is -0.175. The summed E-state index contributed by atoms with van der Waals surface area (Å²) in [6.45, 7) is 0.262. The van der Waals surface area contributed by atoms with Gasteiger partial charge in [-0.25, -0.2) is 4.79 Å². The molecular formula is C32H28ClNO4S. The van der Waals surface area contributed by atoms with Crippen LogP contribution < -0.4 is 4.74 Å². The molecule has 7 heteroatoms. The highest BCUT2D eigenvalue weighted by Gasteiger charge is 2.45. The first-order chi connectivity index (χ1) is 19.0. The first kappa shape index (κ1) is 26.9. The quantitative estimate of drug-likeness (QED) is 0.164. The van der Waals surface area contributed by atoms with Crippen LogP contribution in [0.25, 0.3) is 10.9 Å². The average molecular weight is 558 g/mol. The molecule has 5 rings (SSSR count). The van der Waals surface area contributed by atoms with Gasteiger partial charge in [0, 0.05) is 33.3 Å². The molecule has 0 aliphatic rings. The maximum atomic E-state index is 13.7. The Hall–Kier alpha value is -3.71. The Balaban J connectivity index is 1.66. The van der Waals surface area contributed by atoms with E-state index < -0.39 is 11.6 Å². The van der Waals surface area contributed by atoms with Crippen LogP contribution in [0.3, 0.4) is 0 Å². The summed E-state index contributed by atoms with van der Waals surface area (Å²) in [4.78, 5) is 19.8. The molecule has 0 aliphatic heterocycles. The molecule has 0 amide bonds. The van der Waals surface area contributed by atoms with Crippen molar-refractivity contribution in [1.29, 1.82) is 0 Å². The third-order valence-corrected chi connectivity index (χ3v) is 7.92. The zero-order chi connectivity index (χ0) is 27.2. The Kier molecular flexibility index (Phi) is 8.27. The number of nitrogens with zero attached hydrogens (tertiary/aromatic N) is 1. The summed E-state index contributed by atoms with van der Waals surface area (Å²) in [7, 11) is 3.03. The fourth-order valence-electron chi connectivity index (χ4n) is 4.80.